The minimum atomic E-state index is -0.212. The van der Waals surface area contributed by atoms with Gasteiger partial charge in [0.25, 0.3) is 0 Å². The molecule has 78 valence electrons. The number of hydrogen-bond acceptors (Lipinski definition) is 2. The lowest BCUT2D eigenvalue weighted by Crippen LogP contribution is -2.16. The Balaban J connectivity index is 2.49. The van der Waals surface area contributed by atoms with Gasteiger partial charge in [-0.3, -0.25) is 0 Å². The first-order valence-electron chi connectivity index (χ1n) is 4.50. The molecule has 0 spiro atoms. The molecule has 0 aromatic heterocycles. The van der Waals surface area contributed by atoms with E-state index in [-0.39, 0.29) is 12.4 Å². The fraction of sp³-hybridized carbons (Fsp3) is 0.400. The smallest absolute Gasteiger partial charge is 0.128 e. The third-order valence-electron chi connectivity index (χ3n) is 1.88. The van der Waals surface area contributed by atoms with Crippen LogP contribution in [0.2, 0.25) is 0 Å². The van der Waals surface area contributed by atoms with Crippen LogP contribution < -0.4 is 5.32 Å². The van der Waals surface area contributed by atoms with Crippen LogP contribution >= 0.6 is 15.9 Å². The van der Waals surface area contributed by atoms with Crippen LogP contribution in [0.4, 0.5) is 4.39 Å². The number of halogens is 2. The van der Waals surface area contributed by atoms with E-state index in [4.69, 9.17) is 5.11 Å². The number of aliphatic hydroxyl groups is 1. The second-order valence-corrected chi connectivity index (χ2v) is 3.81. The summed E-state index contributed by atoms with van der Waals surface area (Å²) in [6, 6.07) is 4.91. The van der Waals surface area contributed by atoms with Gasteiger partial charge in [-0.25, -0.2) is 4.39 Å². The highest BCUT2D eigenvalue weighted by molar-refractivity contribution is 9.10. The molecular formula is C10H13BrFNO. The van der Waals surface area contributed by atoms with Crippen molar-refractivity contribution in [1.29, 1.82) is 0 Å². The number of nitrogens with one attached hydrogen (secondary N) is 1. The average Bonchev–Trinajstić information content (AvgIpc) is 2.16. The van der Waals surface area contributed by atoms with Crippen molar-refractivity contribution in [3.05, 3.63) is 34.1 Å². The summed E-state index contributed by atoms with van der Waals surface area (Å²) in [5.41, 5.74) is 0.630. The lowest BCUT2D eigenvalue weighted by atomic mass is 10.2. The van der Waals surface area contributed by atoms with Gasteiger partial charge in [-0.15, -0.1) is 0 Å². The Morgan fingerprint density at radius 2 is 2.21 bits per heavy atom. The molecule has 0 saturated carbocycles. The Bertz CT molecular complexity index is 273. The summed E-state index contributed by atoms with van der Waals surface area (Å²) in [7, 11) is 0. The van der Waals surface area contributed by atoms with Crippen LogP contribution in [-0.4, -0.2) is 18.3 Å². The fourth-order valence-corrected chi connectivity index (χ4v) is 1.60. The molecule has 2 N–H and O–H groups in total. The van der Waals surface area contributed by atoms with E-state index in [2.05, 4.69) is 21.2 Å². The van der Waals surface area contributed by atoms with E-state index in [1.54, 1.807) is 6.07 Å². The van der Waals surface area contributed by atoms with Crippen LogP contribution in [0, 0.1) is 5.82 Å². The van der Waals surface area contributed by atoms with Gasteiger partial charge in [-0.2, -0.15) is 0 Å². The molecule has 14 heavy (non-hydrogen) atoms. The highest BCUT2D eigenvalue weighted by Gasteiger charge is 2.04. The number of hydrogen-bond donors (Lipinski definition) is 2. The molecule has 2 nitrogen and oxygen atoms in total. The van der Waals surface area contributed by atoms with Crippen LogP contribution in [0.1, 0.15) is 12.0 Å². The highest BCUT2D eigenvalue weighted by atomic mass is 79.9. The van der Waals surface area contributed by atoms with Gasteiger partial charge >= 0.3 is 0 Å². The van der Waals surface area contributed by atoms with Crippen molar-refractivity contribution in [3.8, 4) is 0 Å². The van der Waals surface area contributed by atoms with Crippen LogP contribution in [0.3, 0.4) is 0 Å². The molecule has 4 heteroatoms. The van der Waals surface area contributed by atoms with Crippen molar-refractivity contribution >= 4 is 15.9 Å². The first-order chi connectivity index (χ1) is 6.75. The summed E-state index contributed by atoms with van der Waals surface area (Å²) in [5.74, 6) is -0.212. The van der Waals surface area contributed by atoms with Gasteiger partial charge in [0.1, 0.15) is 5.82 Å². The Labute approximate surface area is 91.3 Å². The van der Waals surface area contributed by atoms with Crippen LogP contribution in [0.5, 0.6) is 0 Å². The van der Waals surface area contributed by atoms with Gasteiger partial charge in [-0.05, 0) is 25.1 Å². The zero-order valence-electron chi connectivity index (χ0n) is 7.76. The van der Waals surface area contributed by atoms with Gasteiger partial charge in [-0.1, -0.05) is 22.0 Å². The van der Waals surface area contributed by atoms with E-state index in [1.165, 1.54) is 6.07 Å². The molecule has 0 heterocycles. The van der Waals surface area contributed by atoms with Crippen LogP contribution in [-0.2, 0) is 6.54 Å². The molecule has 1 rings (SSSR count). The van der Waals surface area contributed by atoms with Gasteiger partial charge < -0.3 is 10.4 Å². The Morgan fingerprint density at radius 1 is 1.43 bits per heavy atom. The maximum Gasteiger partial charge on any atom is 0.128 e. The van der Waals surface area contributed by atoms with Crippen LogP contribution in [0.15, 0.2) is 22.7 Å². The molecule has 0 saturated heterocycles. The zero-order valence-corrected chi connectivity index (χ0v) is 9.35. The number of aliphatic hydroxyl groups excluding tert-OH is 1. The van der Waals surface area contributed by atoms with E-state index in [9.17, 15) is 4.39 Å². The summed E-state index contributed by atoms with van der Waals surface area (Å²) in [5, 5.41) is 11.6. The van der Waals surface area contributed by atoms with Crippen molar-refractivity contribution in [2.24, 2.45) is 0 Å². The van der Waals surface area contributed by atoms with Gasteiger partial charge in [0.15, 0.2) is 0 Å². The van der Waals surface area contributed by atoms with Gasteiger partial charge in [0, 0.05) is 23.2 Å². The monoisotopic (exact) mass is 261 g/mol. The van der Waals surface area contributed by atoms with E-state index in [1.807, 2.05) is 6.07 Å². The first kappa shape index (κ1) is 11.6. The Morgan fingerprint density at radius 3 is 2.86 bits per heavy atom. The topological polar surface area (TPSA) is 32.3 Å². The van der Waals surface area contributed by atoms with Crippen molar-refractivity contribution in [3.63, 3.8) is 0 Å². The minimum Gasteiger partial charge on any atom is -0.396 e. The van der Waals surface area contributed by atoms with E-state index < -0.39 is 0 Å². The molecule has 0 amide bonds. The largest absolute Gasteiger partial charge is 0.396 e. The average molecular weight is 262 g/mol. The third-order valence-corrected chi connectivity index (χ3v) is 2.62. The molecular weight excluding hydrogens is 249 g/mol. The van der Waals surface area contributed by atoms with Crippen molar-refractivity contribution < 1.29 is 9.50 Å². The lowest BCUT2D eigenvalue weighted by molar-refractivity contribution is 0.286. The molecule has 0 aliphatic rings. The standard InChI is InChI=1S/C10H13BrFNO/c11-9-3-1-4-10(12)8(9)7-13-5-2-6-14/h1,3-4,13-14H,2,5-7H2. The zero-order chi connectivity index (χ0) is 10.4. The molecule has 1 aromatic rings. The van der Waals surface area contributed by atoms with Crippen molar-refractivity contribution in [2.45, 2.75) is 13.0 Å². The summed E-state index contributed by atoms with van der Waals surface area (Å²) in [6.45, 7) is 1.33. The predicted molar refractivity (Wildman–Crippen MR) is 57.5 cm³/mol. The molecule has 0 fully saturated rings. The minimum absolute atomic E-state index is 0.158. The Kier molecular flexibility index (Phi) is 5.07. The summed E-state index contributed by atoms with van der Waals surface area (Å²) >= 11 is 3.29. The Hall–Kier alpha value is -0.450. The quantitative estimate of drug-likeness (QED) is 0.796. The molecule has 0 aliphatic heterocycles. The molecule has 0 unspecified atom stereocenters. The fourth-order valence-electron chi connectivity index (χ4n) is 1.12. The van der Waals surface area contributed by atoms with Gasteiger partial charge in [0.05, 0.1) is 0 Å². The van der Waals surface area contributed by atoms with Crippen molar-refractivity contribution in [2.75, 3.05) is 13.2 Å². The molecule has 0 bridgehead atoms. The van der Waals surface area contributed by atoms with Crippen LogP contribution in [0.25, 0.3) is 0 Å². The normalized spacial score (nSPS) is 10.5. The maximum absolute atomic E-state index is 13.2. The number of rotatable bonds is 5. The SMILES string of the molecule is OCCCNCc1c(F)cccc1Br. The lowest BCUT2D eigenvalue weighted by Gasteiger charge is -2.06. The molecule has 0 radical (unpaired) electrons. The van der Waals surface area contributed by atoms with E-state index in [0.29, 0.717) is 25.1 Å². The summed E-state index contributed by atoms with van der Waals surface area (Å²) in [4.78, 5) is 0. The predicted octanol–water partition coefficient (Wildman–Crippen LogP) is 2.06. The second-order valence-electron chi connectivity index (χ2n) is 2.95. The molecule has 0 atom stereocenters. The summed E-state index contributed by atoms with van der Waals surface area (Å²) in [6.07, 6.45) is 0.687. The highest BCUT2D eigenvalue weighted by Crippen LogP contribution is 2.18. The number of benzene rings is 1. The maximum atomic E-state index is 13.2. The molecule has 1 aromatic carbocycles. The second kappa shape index (κ2) is 6.11. The molecule has 0 aliphatic carbocycles. The van der Waals surface area contributed by atoms with E-state index >= 15 is 0 Å². The third kappa shape index (κ3) is 3.36. The van der Waals surface area contributed by atoms with Crippen molar-refractivity contribution in [1.82, 2.24) is 5.32 Å². The van der Waals surface area contributed by atoms with E-state index in [0.717, 1.165) is 4.47 Å². The summed E-state index contributed by atoms with van der Waals surface area (Å²) < 4.78 is 14.0. The first-order valence-corrected chi connectivity index (χ1v) is 5.29. The van der Waals surface area contributed by atoms with Gasteiger partial charge in [0.2, 0.25) is 0 Å².